The Morgan fingerprint density at radius 2 is 2.55 bits per heavy atom. The highest BCUT2D eigenvalue weighted by atomic mass is 32.2. The molecule has 0 aliphatic heterocycles. The largest absolute Gasteiger partial charge is 0.471 e. The van der Waals surface area contributed by atoms with E-state index in [1.54, 1.807) is 0 Å². The van der Waals surface area contributed by atoms with E-state index in [9.17, 15) is 4.79 Å². The summed E-state index contributed by atoms with van der Waals surface area (Å²) in [6, 6.07) is 1.41. The average molecular weight is 173 g/mol. The molecule has 0 atom stereocenters. The fourth-order valence-electron chi connectivity index (χ4n) is 0.353. The van der Waals surface area contributed by atoms with E-state index in [0.717, 1.165) is 0 Å². The van der Waals surface area contributed by atoms with E-state index in [2.05, 4.69) is 19.6 Å². The summed E-state index contributed by atoms with van der Waals surface area (Å²) in [5.74, 6) is 0.118. The van der Waals surface area contributed by atoms with Crippen LogP contribution in [0.3, 0.4) is 0 Å². The van der Waals surface area contributed by atoms with Crippen molar-refractivity contribution < 1.29 is 14.1 Å². The predicted molar refractivity (Wildman–Crippen MR) is 36.1 cm³/mol. The van der Waals surface area contributed by atoms with E-state index in [0.29, 0.717) is 0 Å². The van der Waals surface area contributed by atoms with E-state index >= 15 is 0 Å². The van der Waals surface area contributed by atoms with Crippen molar-refractivity contribution in [1.82, 2.24) is 15.4 Å². The quantitative estimate of drug-likeness (QED) is 0.654. The van der Waals surface area contributed by atoms with Gasteiger partial charge in [-0.2, -0.15) is 0 Å². The van der Waals surface area contributed by atoms with Crippen LogP contribution >= 0.6 is 12.0 Å². The minimum Gasteiger partial charge on any atom is -0.471 e. The molecule has 0 radical (unpaired) electrons. The van der Waals surface area contributed by atoms with E-state index in [4.69, 9.17) is 5.11 Å². The summed E-state index contributed by atoms with van der Waals surface area (Å²) in [5.41, 5.74) is 0. The predicted octanol–water partition coefficient (Wildman–Crippen LogP) is 0.577. The second-order valence-electron chi connectivity index (χ2n) is 1.39. The molecule has 0 aliphatic carbocycles. The normalized spacial score (nSPS) is 9.09. The number of nitrogens with zero attached hydrogens (tertiary/aromatic N) is 3. The number of carbonyl (C=O) groups is 1. The van der Waals surface area contributed by atoms with Crippen molar-refractivity contribution in [2.75, 3.05) is 0 Å². The summed E-state index contributed by atoms with van der Waals surface area (Å²) in [6.07, 6.45) is 1.35. The Balaban J connectivity index is 2.45. The van der Waals surface area contributed by atoms with Gasteiger partial charge in [0, 0.05) is 6.07 Å². The monoisotopic (exact) mass is 173 g/mol. The molecule has 7 heteroatoms. The third-order valence-corrected chi connectivity index (χ3v) is 1.07. The zero-order valence-electron chi connectivity index (χ0n) is 5.17. The molecular weight excluding hydrogens is 170 g/mol. The van der Waals surface area contributed by atoms with E-state index in [1.807, 2.05) is 0 Å². The van der Waals surface area contributed by atoms with Crippen LogP contribution in [0.1, 0.15) is 0 Å². The van der Waals surface area contributed by atoms with E-state index in [-0.39, 0.29) is 17.9 Å². The van der Waals surface area contributed by atoms with Crippen molar-refractivity contribution >= 4 is 17.3 Å². The smallest absolute Gasteiger partial charge is 0.404 e. The van der Waals surface area contributed by atoms with Gasteiger partial charge in [0.05, 0.1) is 6.20 Å². The fraction of sp³-hybridized carbons (Fsp3) is 0. The van der Waals surface area contributed by atoms with Crippen molar-refractivity contribution in [2.45, 2.75) is 0 Å². The van der Waals surface area contributed by atoms with Crippen LogP contribution in [0.4, 0.5) is 4.79 Å². The Morgan fingerprint density at radius 1 is 1.73 bits per heavy atom. The summed E-state index contributed by atoms with van der Waals surface area (Å²) in [7, 11) is 0. The number of hydrogen-bond donors (Lipinski definition) is 1. The van der Waals surface area contributed by atoms with Crippen molar-refractivity contribution in [1.29, 1.82) is 0 Å². The van der Waals surface area contributed by atoms with Gasteiger partial charge in [-0.25, -0.2) is 4.79 Å². The minimum absolute atomic E-state index is 0.118. The van der Waals surface area contributed by atoms with Crippen LogP contribution < -0.4 is 4.18 Å². The first kappa shape index (κ1) is 7.73. The van der Waals surface area contributed by atoms with Crippen molar-refractivity contribution in [2.24, 2.45) is 0 Å². The Kier molecular flexibility index (Phi) is 2.61. The summed E-state index contributed by atoms with van der Waals surface area (Å²) < 4.78 is 4.57. The van der Waals surface area contributed by atoms with Gasteiger partial charge < -0.3 is 9.29 Å². The van der Waals surface area contributed by atoms with Crippen LogP contribution in [0, 0.1) is 0 Å². The number of hydrogen-bond acceptors (Lipinski definition) is 6. The van der Waals surface area contributed by atoms with Crippen LogP contribution in [0.5, 0.6) is 5.88 Å². The SMILES string of the molecule is O=C(O)SOc1ccnnn1. The van der Waals surface area contributed by atoms with Crippen LogP contribution in [0.2, 0.25) is 0 Å². The van der Waals surface area contributed by atoms with Gasteiger partial charge in [0.25, 0.3) is 5.88 Å². The molecule has 1 heterocycles. The first-order valence-electron chi connectivity index (χ1n) is 2.51. The van der Waals surface area contributed by atoms with Crippen molar-refractivity contribution in [3.63, 3.8) is 0 Å². The van der Waals surface area contributed by atoms with Gasteiger partial charge in [0.1, 0.15) is 0 Å². The molecule has 0 bridgehead atoms. The highest BCUT2D eigenvalue weighted by molar-refractivity contribution is 8.09. The Hall–Kier alpha value is -1.37. The summed E-state index contributed by atoms with van der Waals surface area (Å²) >= 11 is 0.271. The molecule has 0 saturated heterocycles. The molecule has 0 spiro atoms. The molecule has 1 rings (SSSR count). The molecule has 0 aromatic carbocycles. The van der Waals surface area contributed by atoms with Gasteiger partial charge in [-0.3, -0.25) is 0 Å². The molecule has 0 aliphatic rings. The van der Waals surface area contributed by atoms with Gasteiger partial charge in [0.2, 0.25) is 0 Å². The maximum Gasteiger partial charge on any atom is 0.404 e. The zero-order chi connectivity index (χ0) is 8.10. The fourth-order valence-corrected chi connectivity index (χ4v) is 0.598. The lowest BCUT2D eigenvalue weighted by Crippen LogP contribution is -1.93. The number of aromatic nitrogens is 3. The molecule has 1 aromatic rings. The molecule has 0 amide bonds. The van der Waals surface area contributed by atoms with Crippen molar-refractivity contribution in [3.05, 3.63) is 12.3 Å². The first-order chi connectivity index (χ1) is 5.29. The first-order valence-corrected chi connectivity index (χ1v) is 3.25. The highest BCUT2D eigenvalue weighted by Crippen LogP contribution is 2.09. The lowest BCUT2D eigenvalue weighted by Gasteiger charge is -1.94. The van der Waals surface area contributed by atoms with Crippen LogP contribution in [-0.2, 0) is 0 Å². The zero-order valence-corrected chi connectivity index (χ0v) is 5.98. The second-order valence-corrected chi connectivity index (χ2v) is 2.07. The number of rotatable bonds is 2. The lowest BCUT2D eigenvalue weighted by molar-refractivity contribution is 0.221. The van der Waals surface area contributed by atoms with Crippen LogP contribution in [-0.4, -0.2) is 25.8 Å². The van der Waals surface area contributed by atoms with Gasteiger partial charge in [0.15, 0.2) is 12.0 Å². The van der Waals surface area contributed by atoms with Gasteiger partial charge >= 0.3 is 5.30 Å². The summed E-state index contributed by atoms with van der Waals surface area (Å²) in [5, 5.41) is 17.0. The van der Waals surface area contributed by atoms with E-state index in [1.165, 1.54) is 12.3 Å². The molecule has 0 saturated carbocycles. The topological polar surface area (TPSA) is 85.2 Å². The maximum atomic E-state index is 9.95. The van der Waals surface area contributed by atoms with Gasteiger partial charge in [-0.1, -0.05) is 5.10 Å². The number of carboxylic acid groups (broad SMARTS) is 1. The van der Waals surface area contributed by atoms with Crippen molar-refractivity contribution in [3.8, 4) is 5.88 Å². The summed E-state index contributed by atoms with van der Waals surface area (Å²) in [6.45, 7) is 0. The van der Waals surface area contributed by atoms with E-state index < -0.39 is 5.30 Å². The molecule has 1 aromatic heterocycles. The molecule has 1 N–H and O–H groups in total. The van der Waals surface area contributed by atoms with Crippen LogP contribution in [0.25, 0.3) is 0 Å². The second kappa shape index (κ2) is 3.71. The molecule has 11 heavy (non-hydrogen) atoms. The van der Waals surface area contributed by atoms with Crippen LogP contribution in [0.15, 0.2) is 12.3 Å². The van der Waals surface area contributed by atoms with Gasteiger partial charge in [-0.05, 0) is 5.21 Å². The molecule has 58 valence electrons. The minimum atomic E-state index is -1.14. The molecular formula is C4H3N3O3S. The Morgan fingerprint density at radius 3 is 3.09 bits per heavy atom. The maximum absolute atomic E-state index is 9.95. The highest BCUT2D eigenvalue weighted by Gasteiger charge is 2.01. The molecule has 0 fully saturated rings. The Labute approximate surface area is 65.8 Å². The third-order valence-electron chi connectivity index (χ3n) is 0.677. The Bertz CT molecular complexity index is 242. The standard InChI is InChI=1S/C4H3N3O3S/c8-4(9)11-10-3-1-2-5-7-6-3/h1-2H,(H,8,9). The molecule has 6 nitrogen and oxygen atoms in total. The third kappa shape index (κ3) is 2.80. The molecule has 0 unspecified atom stereocenters. The van der Waals surface area contributed by atoms with Gasteiger partial charge in [-0.15, -0.1) is 5.10 Å². The summed E-state index contributed by atoms with van der Waals surface area (Å²) in [4.78, 5) is 9.95. The lowest BCUT2D eigenvalue weighted by atomic mass is 10.7. The average Bonchev–Trinajstić information content (AvgIpc) is 2.03.